The number of aromatic hydroxyl groups is 1. The van der Waals surface area contributed by atoms with Gasteiger partial charge in [0.25, 0.3) is 0 Å². The van der Waals surface area contributed by atoms with Crippen molar-refractivity contribution in [1.82, 2.24) is 9.97 Å². The summed E-state index contributed by atoms with van der Waals surface area (Å²) in [4.78, 5) is 21.7. The first-order chi connectivity index (χ1) is 13.6. The zero-order valence-corrected chi connectivity index (χ0v) is 15.9. The summed E-state index contributed by atoms with van der Waals surface area (Å²) >= 11 is 0. The molecule has 2 aromatic carbocycles. The van der Waals surface area contributed by atoms with Gasteiger partial charge >= 0.3 is 0 Å². The first-order valence-electron chi connectivity index (χ1n) is 9.64. The number of carbonyl (C=O) groups excluding carboxylic acids is 1. The molecule has 3 aromatic rings. The molecule has 0 atom stereocenters. The van der Waals surface area contributed by atoms with Crippen molar-refractivity contribution in [3.63, 3.8) is 0 Å². The first kappa shape index (κ1) is 18.2. The van der Waals surface area contributed by atoms with E-state index in [9.17, 15) is 9.90 Å². The topological polar surface area (TPSA) is 75.1 Å². The predicted octanol–water partition coefficient (Wildman–Crippen LogP) is 4.22. The highest BCUT2D eigenvalue weighted by Gasteiger charge is 2.21. The molecule has 0 radical (unpaired) electrons. The van der Waals surface area contributed by atoms with E-state index in [2.05, 4.69) is 22.4 Å². The Balaban J connectivity index is 1.45. The Bertz CT molecular complexity index is 1020. The number of anilines is 1. The summed E-state index contributed by atoms with van der Waals surface area (Å²) < 4.78 is 0. The number of carbonyl (C=O) groups is 1. The SMILES string of the molecule is Cc1nc2c(nc1NC(=O)CCCc1ccccc1)CCc1cc(O)ccc1-2. The quantitative estimate of drug-likeness (QED) is 0.702. The highest BCUT2D eigenvalue weighted by Crippen LogP contribution is 2.34. The fourth-order valence-electron chi connectivity index (χ4n) is 3.63. The van der Waals surface area contributed by atoms with Crippen LogP contribution in [0.3, 0.4) is 0 Å². The van der Waals surface area contributed by atoms with Gasteiger partial charge in [0, 0.05) is 12.0 Å². The monoisotopic (exact) mass is 373 g/mol. The van der Waals surface area contributed by atoms with Crippen molar-refractivity contribution in [2.24, 2.45) is 0 Å². The Kier molecular flexibility index (Phi) is 5.06. The number of hydrogen-bond acceptors (Lipinski definition) is 4. The molecule has 1 aliphatic carbocycles. The number of rotatable bonds is 5. The van der Waals surface area contributed by atoms with Crippen LogP contribution >= 0.6 is 0 Å². The van der Waals surface area contributed by atoms with Crippen molar-refractivity contribution in [2.45, 2.75) is 39.0 Å². The van der Waals surface area contributed by atoms with Gasteiger partial charge in [-0.25, -0.2) is 9.97 Å². The molecular weight excluding hydrogens is 350 g/mol. The van der Waals surface area contributed by atoms with Gasteiger partial charge in [0.2, 0.25) is 5.91 Å². The summed E-state index contributed by atoms with van der Waals surface area (Å²) in [6.07, 6.45) is 3.68. The van der Waals surface area contributed by atoms with Crippen LogP contribution in [-0.2, 0) is 24.1 Å². The van der Waals surface area contributed by atoms with Crippen LogP contribution in [0.25, 0.3) is 11.3 Å². The molecule has 5 nitrogen and oxygen atoms in total. The van der Waals surface area contributed by atoms with Gasteiger partial charge in [0.05, 0.1) is 17.1 Å². The van der Waals surface area contributed by atoms with E-state index in [4.69, 9.17) is 4.98 Å². The minimum atomic E-state index is -0.0330. The van der Waals surface area contributed by atoms with Crippen LogP contribution < -0.4 is 5.32 Å². The van der Waals surface area contributed by atoms with Crippen LogP contribution in [0.5, 0.6) is 5.75 Å². The summed E-state index contributed by atoms with van der Waals surface area (Å²) in [6, 6.07) is 15.5. The van der Waals surface area contributed by atoms with Crippen molar-refractivity contribution in [3.05, 3.63) is 71.0 Å². The van der Waals surface area contributed by atoms with Crippen molar-refractivity contribution < 1.29 is 9.90 Å². The predicted molar refractivity (Wildman–Crippen MR) is 109 cm³/mol. The zero-order chi connectivity index (χ0) is 19.5. The number of nitrogens with one attached hydrogen (secondary N) is 1. The zero-order valence-electron chi connectivity index (χ0n) is 15.9. The van der Waals surface area contributed by atoms with E-state index < -0.39 is 0 Å². The number of nitrogens with zero attached hydrogens (tertiary/aromatic N) is 2. The molecule has 0 saturated carbocycles. The lowest BCUT2D eigenvalue weighted by atomic mass is 9.91. The number of amides is 1. The van der Waals surface area contributed by atoms with Gasteiger partial charge in [-0.2, -0.15) is 0 Å². The molecular formula is C23H23N3O2. The van der Waals surface area contributed by atoms with E-state index in [1.165, 1.54) is 5.56 Å². The van der Waals surface area contributed by atoms with Crippen molar-refractivity contribution in [2.75, 3.05) is 5.32 Å². The maximum atomic E-state index is 12.4. The van der Waals surface area contributed by atoms with Crippen LogP contribution in [0.1, 0.15) is 35.4 Å². The highest BCUT2D eigenvalue weighted by molar-refractivity contribution is 5.90. The van der Waals surface area contributed by atoms with Crippen LogP contribution in [0.4, 0.5) is 5.82 Å². The molecule has 1 aromatic heterocycles. The first-order valence-corrected chi connectivity index (χ1v) is 9.64. The highest BCUT2D eigenvalue weighted by atomic mass is 16.3. The molecule has 1 heterocycles. The fraction of sp³-hybridized carbons (Fsp3) is 0.261. The number of benzene rings is 2. The van der Waals surface area contributed by atoms with E-state index in [0.717, 1.165) is 48.2 Å². The largest absolute Gasteiger partial charge is 0.508 e. The molecule has 5 heteroatoms. The molecule has 2 N–H and O–H groups in total. The van der Waals surface area contributed by atoms with Crippen LogP contribution in [-0.4, -0.2) is 21.0 Å². The Morgan fingerprint density at radius 1 is 1.11 bits per heavy atom. The van der Waals surface area contributed by atoms with Crippen molar-refractivity contribution in [1.29, 1.82) is 0 Å². The Morgan fingerprint density at radius 3 is 2.75 bits per heavy atom. The number of phenols is 1. The Morgan fingerprint density at radius 2 is 1.93 bits per heavy atom. The molecule has 0 unspecified atom stereocenters. The second-order valence-electron chi connectivity index (χ2n) is 7.18. The van der Waals surface area contributed by atoms with Crippen LogP contribution in [0.2, 0.25) is 0 Å². The van der Waals surface area contributed by atoms with Gasteiger partial charge < -0.3 is 10.4 Å². The molecule has 0 spiro atoms. The smallest absolute Gasteiger partial charge is 0.225 e. The van der Waals surface area contributed by atoms with E-state index in [1.807, 2.05) is 31.2 Å². The van der Waals surface area contributed by atoms with Crippen LogP contribution in [0, 0.1) is 6.92 Å². The summed E-state index contributed by atoms with van der Waals surface area (Å²) in [5.74, 6) is 0.784. The number of phenolic OH excluding ortho intramolecular Hbond substituents is 1. The van der Waals surface area contributed by atoms with Gasteiger partial charge in [-0.15, -0.1) is 0 Å². The van der Waals surface area contributed by atoms with E-state index in [0.29, 0.717) is 17.9 Å². The van der Waals surface area contributed by atoms with E-state index >= 15 is 0 Å². The standard InChI is InChI=1S/C23H23N3O2/c1-15-23(26-21(28)9-5-8-16-6-3-2-4-7-16)25-20-13-10-17-14-18(27)11-12-19(17)22(20)24-15/h2-4,6-7,11-12,14,27H,5,8-10,13H2,1H3,(H,25,26,28). The normalized spacial score (nSPS) is 12.2. The number of hydrogen-bond donors (Lipinski definition) is 2. The average molecular weight is 373 g/mol. The van der Waals surface area contributed by atoms with E-state index in [1.54, 1.807) is 12.1 Å². The molecule has 4 rings (SSSR count). The van der Waals surface area contributed by atoms with Crippen LogP contribution in [0.15, 0.2) is 48.5 Å². The molecule has 0 saturated heterocycles. The second kappa shape index (κ2) is 7.80. The lowest BCUT2D eigenvalue weighted by Crippen LogP contribution is -2.17. The van der Waals surface area contributed by atoms with Gasteiger partial charge in [0.15, 0.2) is 5.82 Å². The third-order valence-corrected chi connectivity index (χ3v) is 5.09. The third kappa shape index (κ3) is 3.88. The second-order valence-corrected chi connectivity index (χ2v) is 7.18. The van der Waals surface area contributed by atoms with Crippen molar-refractivity contribution in [3.8, 4) is 17.0 Å². The Labute approximate surface area is 164 Å². The summed E-state index contributed by atoms with van der Waals surface area (Å²) in [5, 5.41) is 12.6. The molecule has 1 amide bonds. The average Bonchev–Trinajstić information content (AvgIpc) is 2.69. The Hall–Kier alpha value is -3.21. The number of aryl methyl sites for hydroxylation is 4. The van der Waals surface area contributed by atoms with Gasteiger partial charge in [0.1, 0.15) is 5.75 Å². The van der Waals surface area contributed by atoms with E-state index in [-0.39, 0.29) is 11.7 Å². The molecule has 142 valence electrons. The van der Waals surface area contributed by atoms with Gasteiger partial charge in [-0.3, -0.25) is 4.79 Å². The third-order valence-electron chi connectivity index (χ3n) is 5.09. The lowest BCUT2D eigenvalue weighted by molar-refractivity contribution is -0.116. The fourth-order valence-corrected chi connectivity index (χ4v) is 3.63. The minimum absolute atomic E-state index is 0.0330. The summed E-state index contributed by atoms with van der Waals surface area (Å²) in [6.45, 7) is 1.86. The maximum absolute atomic E-state index is 12.4. The van der Waals surface area contributed by atoms with Crippen molar-refractivity contribution >= 4 is 11.7 Å². The molecule has 0 fully saturated rings. The number of fused-ring (bicyclic) bond motifs is 3. The maximum Gasteiger partial charge on any atom is 0.225 e. The lowest BCUT2D eigenvalue weighted by Gasteiger charge is -2.20. The molecule has 28 heavy (non-hydrogen) atoms. The number of aromatic nitrogens is 2. The summed E-state index contributed by atoms with van der Waals surface area (Å²) in [5.41, 5.74) is 5.78. The molecule has 0 bridgehead atoms. The minimum Gasteiger partial charge on any atom is -0.508 e. The summed E-state index contributed by atoms with van der Waals surface area (Å²) in [7, 11) is 0. The molecule has 0 aliphatic heterocycles. The molecule has 1 aliphatic rings. The van der Waals surface area contributed by atoms with Gasteiger partial charge in [-0.1, -0.05) is 30.3 Å². The van der Waals surface area contributed by atoms with Gasteiger partial charge in [-0.05, 0) is 61.9 Å².